The zero-order valence-electron chi connectivity index (χ0n) is 18.4. The van der Waals surface area contributed by atoms with E-state index < -0.39 is 0 Å². The van der Waals surface area contributed by atoms with Gasteiger partial charge in [-0.25, -0.2) is 19.4 Å². The van der Waals surface area contributed by atoms with E-state index in [1.807, 2.05) is 23.1 Å². The molecule has 2 aliphatic rings. The maximum atomic E-state index is 14.7. The molecule has 1 aromatic heterocycles. The Hall–Kier alpha value is -2.21. The number of nitrogens with one attached hydrogen (secondary N) is 1. The molecule has 2 fully saturated rings. The van der Waals surface area contributed by atoms with Gasteiger partial charge in [-0.15, -0.1) is 24.0 Å². The fourth-order valence-corrected chi connectivity index (χ4v) is 3.87. The topological polar surface area (TPSA) is 69.1 Å². The van der Waals surface area contributed by atoms with Gasteiger partial charge in [0.1, 0.15) is 5.82 Å². The molecule has 1 aromatic carbocycles. The van der Waals surface area contributed by atoms with Crippen molar-refractivity contribution in [2.24, 2.45) is 4.99 Å². The fourth-order valence-electron chi connectivity index (χ4n) is 3.87. The second-order valence-corrected chi connectivity index (χ2v) is 7.58. The zero-order valence-corrected chi connectivity index (χ0v) is 20.7. The van der Waals surface area contributed by atoms with Gasteiger partial charge in [0.25, 0.3) is 0 Å². The molecule has 4 rings (SSSR count). The molecule has 0 spiro atoms. The van der Waals surface area contributed by atoms with Crippen molar-refractivity contribution in [2.75, 3.05) is 68.8 Å². The number of guanidine groups is 1. The number of piperazine rings is 1. The van der Waals surface area contributed by atoms with Gasteiger partial charge in [0.05, 0.1) is 25.4 Å². The van der Waals surface area contributed by atoms with Crippen molar-refractivity contribution in [3.05, 3.63) is 48.0 Å². The number of ether oxygens (including phenoxy) is 1. The predicted molar refractivity (Wildman–Crippen MR) is 135 cm³/mol. The van der Waals surface area contributed by atoms with Gasteiger partial charge in [-0.1, -0.05) is 6.07 Å². The van der Waals surface area contributed by atoms with Crippen LogP contribution >= 0.6 is 24.0 Å². The molecule has 2 aromatic rings. The molecule has 0 amide bonds. The van der Waals surface area contributed by atoms with Crippen LogP contribution < -0.4 is 15.1 Å². The van der Waals surface area contributed by atoms with E-state index in [1.165, 1.54) is 0 Å². The number of aliphatic imine (C=N–C) groups is 1. The van der Waals surface area contributed by atoms with Gasteiger partial charge >= 0.3 is 0 Å². The van der Waals surface area contributed by atoms with Gasteiger partial charge in [0.2, 0.25) is 5.95 Å². The lowest BCUT2D eigenvalue weighted by atomic mass is 10.1. The van der Waals surface area contributed by atoms with Crippen LogP contribution in [-0.4, -0.2) is 79.9 Å². The zero-order chi connectivity index (χ0) is 21.5. The first-order valence-electron chi connectivity index (χ1n) is 10.9. The fraction of sp³-hybridized carbons (Fsp3) is 0.500. The van der Waals surface area contributed by atoms with Crippen molar-refractivity contribution < 1.29 is 9.13 Å². The molecule has 0 aliphatic carbocycles. The van der Waals surface area contributed by atoms with Crippen molar-refractivity contribution in [3.8, 4) is 0 Å². The number of hydrogen-bond donors (Lipinski definition) is 1. The van der Waals surface area contributed by atoms with Crippen LogP contribution in [0.5, 0.6) is 0 Å². The highest BCUT2D eigenvalue weighted by Crippen LogP contribution is 2.22. The van der Waals surface area contributed by atoms with Gasteiger partial charge < -0.3 is 24.8 Å². The van der Waals surface area contributed by atoms with Crippen molar-refractivity contribution in [2.45, 2.75) is 13.5 Å². The second-order valence-electron chi connectivity index (χ2n) is 7.58. The molecule has 0 atom stereocenters. The third-order valence-electron chi connectivity index (χ3n) is 5.52. The molecule has 0 unspecified atom stereocenters. The third kappa shape index (κ3) is 6.18. The number of benzene rings is 1. The number of morpholine rings is 1. The first-order chi connectivity index (χ1) is 15.2. The van der Waals surface area contributed by atoms with E-state index in [4.69, 9.17) is 9.73 Å². The number of anilines is 2. The van der Waals surface area contributed by atoms with Crippen molar-refractivity contribution in [3.63, 3.8) is 0 Å². The first kappa shape index (κ1) is 24.4. The second kappa shape index (κ2) is 12.1. The maximum Gasteiger partial charge on any atom is 0.225 e. The Bertz CT molecular complexity index is 872. The van der Waals surface area contributed by atoms with Crippen LogP contribution in [-0.2, 0) is 11.3 Å². The molecule has 1 N–H and O–H groups in total. The summed E-state index contributed by atoms with van der Waals surface area (Å²) in [6, 6.07) is 7.25. The SMILES string of the molecule is CCNC(=NCc1ccc(N2CCOCC2)c(F)c1)N1CCN(c2ncccn2)CC1.I. The van der Waals surface area contributed by atoms with Crippen molar-refractivity contribution in [1.29, 1.82) is 0 Å². The standard InChI is InChI=1S/C22H30FN7O.HI/c1-2-24-21(29-8-10-30(11-9-29)22-25-6-3-7-26-22)27-17-18-4-5-20(19(23)16-18)28-12-14-31-15-13-28;/h3-7,16H,2,8-15,17H2,1H3,(H,24,27);1H. The van der Waals surface area contributed by atoms with Crippen LogP contribution in [0.1, 0.15) is 12.5 Å². The number of rotatable bonds is 5. The molecule has 8 nitrogen and oxygen atoms in total. The molecule has 2 aliphatic heterocycles. The molecule has 0 radical (unpaired) electrons. The molecule has 3 heterocycles. The summed E-state index contributed by atoms with van der Waals surface area (Å²) in [6.07, 6.45) is 3.54. The lowest BCUT2D eigenvalue weighted by molar-refractivity contribution is 0.122. The van der Waals surface area contributed by atoms with Crippen LogP contribution in [0.4, 0.5) is 16.0 Å². The summed E-state index contributed by atoms with van der Waals surface area (Å²) < 4.78 is 20.1. The smallest absolute Gasteiger partial charge is 0.225 e. The predicted octanol–water partition coefficient (Wildman–Crippen LogP) is 2.36. The highest BCUT2D eigenvalue weighted by molar-refractivity contribution is 14.0. The molecular weight excluding hydrogens is 524 g/mol. The lowest BCUT2D eigenvalue weighted by Crippen LogP contribution is -2.52. The largest absolute Gasteiger partial charge is 0.378 e. The Kier molecular flexibility index (Phi) is 9.27. The van der Waals surface area contributed by atoms with Gasteiger partial charge in [-0.05, 0) is 30.7 Å². The Balaban J connectivity index is 0.00000289. The van der Waals surface area contributed by atoms with E-state index in [-0.39, 0.29) is 29.8 Å². The number of aromatic nitrogens is 2. The summed E-state index contributed by atoms with van der Waals surface area (Å²) in [5.74, 6) is 1.42. The Morgan fingerprint density at radius 2 is 1.78 bits per heavy atom. The lowest BCUT2D eigenvalue weighted by Gasteiger charge is -2.36. The van der Waals surface area contributed by atoms with Gasteiger partial charge in [-0.3, -0.25) is 0 Å². The maximum absolute atomic E-state index is 14.7. The molecule has 0 bridgehead atoms. The number of nitrogens with zero attached hydrogens (tertiary/aromatic N) is 6. The van der Waals surface area contributed by atoms with E-state index in [0.717, 1.165) is 63.3 Å². The van der Waals surface area contributed by atoms with E-state index >= 15 is 0 Å². The Morgan fingerprint density at radius 1 is 1.06 bits per heavy atom. The van der Waals surface area contributed by atoms with Gasteiger partial charge in [-0.2, -0.15) is 0 Å². The summed E-state index contributed by atoms with van der Waals surface area (Å²) in [7, 11) is 0. The van der Waals surface area contributed by atoms with Crippen LogP contribution in [0, 0.1) is 5.82 Å². The van der Waals surface area contributed by atoms with Crippen LogP contribution in [0.3, 0.4) is 0 Å². The van der Waals surface area contributed by atoms with Crippen LogP contribution in [0.25, 0.3) is 0 Å². The quantitative estimate of drug-likeness (QED) is 0.345. The molecule has 2 saturated heterocycles. The van der Waals surface area contributed by atoms with E-state index in [1.54, 1.807) is 18.5 Å². The molecule has 174 valence electrons. The average Bonchev–Trinajstić information content (AvgIpc) is 2.83. The first-order valence-corrected chi connectivity index (χ1v) is 10.9. The van der Waals surface area contributed by atoms with Crippen molar-refractivity contribution in [1.82, 2.24) is 20.2 Å². The Labute approximate surface area is 205 Å². The Morgan fingerprint density at radius 3 is 2.44 bits per heavy atom. The van der Waals surface area contributed by atoms with E-state index in [2.05, 4.69) is 32.0 Å². The number of hydrogen-bond acceptors (Lipinski definition) is 6. The summed E-state index contributed by atoms with van der Waals surface area (Å²) in [6.45, 7) is 9.31. The van der Waals surface area contributed by atoms with Gasteiger partial charge in [0.15, 0.2) is 5.96 Å². The molecule has 10 heteroatoms. The molecule has 32 heavy (non-hydrogen) atoms. The van der Waals surface area contributed by atoms with Crippen molar-refractivity contribution >= 4 is 41.6 Å². The summed E-state index contributed by atoms with van der Waals surface area (Å²) >= 11 is 0. The van der Waals surface area contributed by atoms with Gasteiger partial charge in [0, 0.05) is 58.2 Å². The summed E-state index contributed by atoms with van der Waals surface area (Å²) in [5.41, 5.74) is 1.50. The normalized spacial score (nSPS) is 17.2. The highest BCUT2D eigenvalue weighted by atomic mass is 127. The molecular formula is C22H31FIN7O. The third-order valence-corrected chi connectivity index (χ3v) is 5.52. The summed E-state index contributed by atoms with van der Waals surface area (Å²) in [5, 5.41) is 3.37. The van der Waals surface area contributed by atoms with E-state index in [0.29, 0.717) is 25.4 Å². The van der Waals surface area contributed by atoms with Crippen LogP contribution in [0.2, 0.25) is 0 Å². The minimum atomic E-state index is -0.198. The van der Waals surface area contributed by atoms with E-state index in [9.17, 15) is 4.39 Å². The number of halogens is 2. The monoisotopic (exact) mass is 555 g/mol. The molecule has 0 saturated carbocycles. The average molecular weight is 555 g/mol. The van der Waals surface area contributed by atoms with Crippen LogP contribution in [0.15, 0.2) is 41.7 Å². The minimum absolute atomic E-state index is 0. The highest BCUT2D eigenvalue weighted by Gasteiger charge is 2.21. The minimum Gasteiger partial charge on any atom is -0.378 e. The summed E-state index contributed by atoms with van der Waals surface area (Å²) in [4.78, 5) is 19.9.